The van der Waals surface area contributed by atoms with Gasteiger partial charge >= 0.3 is 0 Å². The number of nitrogens with one attached hydrogen (secondary N) is 1. The van der Waals surface area contributed by atoms with E-state index in [1.165, 1.54) is 11.3 Å². The number of aryl methyl sites for hydroxylation is 1. The molecule has 2 rings (SSSR count). The molecule has 0 saturated carbocycles. The summed E-state index contributed by atoms with van der Waals surface area (Å²) in [7, 11) is 0. The third-order valence-electron chi connectivity index (χ3n) is 2.49. The third-order valence-corrected chi connectivity index (χ3v) is 3.64. The largest absolute Gasteiger partial charge is 0.385 e. The van der Waals surface area contributed by atoms with Crippen LogP contribution in [0.5, 0.6) is 0 Å². The quantitative estimate of drug-likeness (QED) is 0.628. The summed E-state index contributed by atoms with van der Waals surface area (Å²) in [5.41, 5.74) is 5.09. The van der Waals surface area contributed by atoms with Crippen molar-refractivity contribution in [2.24, 2.45) is 5.73 Å². The monoisotopic (exact) mass is 214 g/mol. The highest BCUT2D eigenvalue weighted by Gasteiger charge is 2.42. The van der Waals surface area contributed by atoms with Crippen molar-refractivity contribution in [1.82, 2.24) is 15.5 Å². The van der Waals surface area contributed by atoms with Gasteiger partial charge in [0.25, 0.3) is 0 Å². The summed E-state index contributed by atoms with van der Waals surface area (Å²) in [5, 5.41) is 22.6. The lowest BCUT2D eigenvalue weighted by atomic mass is 9.89. The van der Waals surface area contributed by atoms with Crippen LogP contribution < -0.4 is 11.1 Å². The fraction of sp³-hybridized carbons (Fsp3) is 0.750. The molecule has 1 saturated heterocycles. The highest BCUT2D eigenvalue weighted by Crippen LogP contribution is 2.28. The minimum atomic E-state index is -0.829. The average molecular weight is 214 g/mol. The summed E-state index contributed by atoms with van der Waals surface area (Å²) in [6.07, 6.45) is 0.862. The number of β-amino-alcohol motifs (C(OH)–C–C–N with tert-alkyl or cyclic N) is 1. The van der Waals surface area contributed by atoms with Gasteiger partial charge in [0.15, 0.2) is 0 Å². The second-order valence-electron chi connectivity index (χ2n) is 3.57. The lowest BCUT2D eigenvalue weighted by Crippen LogP contribution is -2.64. The summed E-state index contributed by atoms with van der Waals surface area (Å²) in [4.78, 5) is 0. The SMILES string of the molecule is CCc1nnc(C(N)C2(O)CNC2)s1. The molecule has 1 atom stereocenters. The number of nitrogens with two attached hydrogens (primary N) is 1. The van der Waals surface area contributed by atoms with Crippen LogP contribution in [0.3, 0.4) is 0 Å². The number of aromatic nitrogens is 2. The first-order valence-corrected chi connectivity index (χ1v) is 5.48. The molecule has 5 nitrogen and oxygen atoms in total. The Hall–Kier alpha value is -0.560. The Morgan fingerprint density at radius 1 is 1.64 bits per heavy atom. The number of hydrogen-bond donors (Lipinski definition) is 3. The average Bonchev–Trinajstić information content (AvgIpc) is 2.61. The fourth-order valence-electron chi connectivity index (χ4n) is 1.37. The summed E-state index contributed by atoms with van der Waals surface area (Å²) < 4.78 is 0. The van der Waals surface area contributed by atoms with E-state index in [1.54, 1.807) is 0 Å². The maximum atomic E-state index is 9.97. The van der Waals surface area contributed by atoms with E-state index in [1.807, 2.05) is 6.92 Å². The molecule has 4 N–H and O–H groups in total. The van der Waals surface area contributed by atoms with Crippen molar-refractivity contribution in [2.45, 2.75) is 25.0 Å². The van der Waals surface area contributed by atoms with E-state index in [0.29, 0.717) is 13.1 Å². The maximum absolute atomic E-state index is 9.97. The fourth-order valence-corrected chi connectivity index (χ4v) is 2.26. The van der Waals surface area contributed by atoms with Crippen molar-refractivity contribution in [3.8, 4) is 0 Å². The van der Waals surface area contributed by atoms with Gasteiger partial charge in [-0.05, 0) is 6.42 Å². The maximum Gasteiger partial charge on any atom is 0.137 e. The molecule has 0 spiro atoms. The van der Waals surface area contributed by atoms with Gasteiger partial charge in [0.2, 0.25) is 0 Å². The molecule has 1 aromatic heterocycles. The Morgan fingerprint density at radius 2 is 2.36 bits per heavy atom. The van der Waals surface area contributed by atoms with E-state index in [0.717, 1.165) is 16.4 Å². The number of hydrogen-bond acceptors (Lipinski definition) is 6. The van der Waals surface area contributed by atoms with E-state index < -0.39 is 11.6 Å². The van der Waals surface area contributed by atoms with Crippen LogP contribution in [0.2, 0.25) is 0 Å². The number of nitrogens with zero attached hydrogens (tertiary/aromatic N) is 2. The van der Waals surface area contributed by atoms with E-state index in [9.17, 15) is 5.11 Å². The molecule has 0 bridgehead atoms. The van der Waals surface area contributed by atoms with Crippen molar-refractivity contribution >= 4 is 11.3 Å². The predicted molar refractivity (Wildman–Crippen MR) is 54.0 cm³/mol. The highest BCUT2D eigenvalue weighted by molar-refractivity contribution is 7.11. The summed E-state index contributed by atoms with van der Waals surface area (Å²) in [6, 6.07) is -0.415. The number of rotatable bonds is 3. The smallest absolute Gasteiger partial charge is 0.137 e. The van der Waals surface area contributed by atoms with E-state index in [-0.39, 0.29) is 0 Å². The van der Waals surface area contributed by atoms with Crippen LogP contribution in [0.4, 0.5) is 0 Å². The van der Waals surface area contributed by atoms with E-state index in [4.69, 9.17) is 5.73 Å². The Balaban J connectivity index is 2.14. The number of aliphatic hydroxyl groups is 1. The molecule has 0 amide bonds. The third kappa shape index (κ3) is 1.54. The van der Waals surface area contributed by atoms with Crippen LogP contribution in [0, 0.1) is 0 Å². The molecule has 1 unspecified atom stereocenters. The molecule has 0 aromatic carbocycles. The lowest BCUT2D eigenvalue weighted by molar-refractivity contribution is -0.0334. The predicted octanol–water partition coefficient (Wildman–Crippen LogP) is -0.565. The Bertz CT molecular complexity index is 323. The first kappa shape index (κ1) is 9.97. The van der Waals surface area contributed by atoms with Crippen LogP contribution in [-0.4, -0.2) is 34.0 Å². The van der Waals surface area contributed by atoms with Crippen LogP contribution in [0.15, 0.2) is 0 Å². The molecule has 1 aliphatic rings. The summed E-state index contributed by atoms with van der Waals surface area (Å²) >= 11 is 1.48. The van der Waals surface area contributed by atoms with Crippen LogP contribution in [0.25, 0.3) is 0 Å². The van der Waals surface area contributed by atoms with E-state index >= 15 is 0 Å². The zero-order valence-corrected chi connectivity index (χ0v) is 8.84. The van der Waals surface area contributed by atoms with Crippen LogP contribution in [0.1, 0.15) is 23.0 Å². The van der Waals surface area contributed by atoms with Gasteiger partial charge in [0.1, 0.15) is 15.6 Å². The van der Waals surface area contributed by atoms with Crippen molar-refractivity contribution < 1.29 is 5.11 Å². The zero-order valence-electron chi connectivity index (χ0n) is 8.03. The first-order valence-electron chi connectivity index (χ1n) is 4.66. The van der Waals surface area contributed by atoms with Gasteiger partial charge in [-0.15, -0.1) is 10.2 Å². The molecule has 1 fully saturated rings. The molecule has 1 aliphatic heterocycles. The van der Waals surface area contributed by atoms with Gasteiger partial charge < -0.3 is 16.2 Å². The van der Waals surface area contributed by atoms with Gasteiger partial charge in [-0.2, -0.15) is 0 Å². The Kier molecular flexibility index (Phi) is 2.52. The minimum Gasteiger partial charge on any atom is -0.385 e. The molecule has 78 valence electrons. The molecule has 1 aromatic rings. The Morgan fingerprint density at radius 3 is 2.79 bits per heavy atom. The second kappa shape index (κ2) is 3.54. The molecule has 0 aliphatic carbocycles. The summed E-state index contributed by atoms with van der Waals surface area (Å²) in [6.45, 7) is 3.10. The first-order chi connectivity index (χ1) is 6.65. The van der Waals surface area contributed by atoms with Gasteiger partial charge in [-0.1, -0.05) is 18.3 Å². The van der Waals surface area contributed by atoms with E-state index in [2.05, 4.69) is 15.5 Å². The summed E-state index contributed by atoms with van der Waals surface area (Å²) in [5.74, 6) is 0. The second-order valence-corrected chi connectivity index (χ2v) is 4.67. The van der Waals surface area contributed by atoms with Crippen molar-refractivity contribution in [3.63, 3.8) is 0 Å². The van der Waals surface area contributed by atoms with Crippen molar-refractivity contribution in [3.05, 3.63) is 10.0 Å². The molecule has 2 heterocycles. The lowest BCUT2D eigenvalue weighted by Gasteiger charge is -2.41. The van der Waals surface area contributed by atoms with Gasteiger partial charge in [0.05, 0.1) is 6.04 Å². The van der Waals surface area contributed by atoms with Crippen LogP contribution in [-0.2, 0) is 6.42 Å². The zero-order chi connectivity index (χ0) is 10.2. The Labute approximate surface area is 86.3 Å². The molecule has 0 radical (unpaired) electrons. The standard InChI is InChI=1S/C8H14N4OS/c1-2-5-11-12-7(14-5)6(9)8(13)3-10-4-8/h6,10,13H,2-4,9H2,1H3. The van der Waals surface area contributed by atoms with Crippen molar-refractivity contribution in [2.75, 3.05) is 13.1 Å². The topological polar surface area (TPSA) is 84.1 Å². The van der Waals surface area contributed by atoms with Gasteiger partial charge in [-0.3, -0.25) is 0 Å². The van der Waals surface area contributed by atoms with Gasteiger partial charge in [-0.25, -0.2) is 0 Å². The molecular formula is C8H14N4OS. The minimum absolute atomic E-state index is 0.415. The van der Waals surface area contributed by atoms with Crippen molar-refractivity contribution in [1.29, 1.82) is 0 Å². The molecular weight excluding hydrogens is 200 g/mol. The molecule has 6 heteroatoms. The van der Waals surface area contributed by atoms with Crippen LogP contribution >= 0.6 is 11.3 Å². The normalized spacial score (nSPS) is 21.6. The highest BCUT2D eigenvalue weighted by atomic mass is 32.1. The van der Waals surface area contributed by atoms with Gasteiger partial charge in [0, 0.05) is 13.1 Å². The molecule has 14 heavy (non-hydrogen) atoms.